The second-order valence-corrected chi connectivity index (χ2v) is 7.65. The van der Waals surface area contributed by atoms with E-state index in [2.05, 4.69) is 70.1 Å². The van der Waals surface area contributed by atoms with Crippen molar-refractivity contribution in [2.24, 2.45) is 11.3 Å². The lowest BCUT2D eigenvalue weighted by atomic mass is 9.55. The van der Waals surface area contributed by atoms with Crippen molar-refractivity contribution in [3.63, 3.8) is 0 Å². The maximum Gasteiger partial charge on any atom is 0.0892 e. The number of hydroxylamine groups is 2. The van der Waals surface area contributed by atoms with Gasteiger partial charge < -0.3 is 0 Å². The van der Waals surface area contributed by atoms with Gasteiger partial charge in [-0.2, -0.15) is 5.06 Å². The van der Waals surface area contributed by atoms with Crippen LogP contribution in [0.15, 0.2) is 30.3 Å². The summed E-state index contributed by atoms with van der Waals surface area (Å²) in [6.45, 7) is 9.38. The van der Waals surface area contributed by atoms with Crippen LogP contribution in [0.2, 0.25) is 0 Å². The normalized spacial score (nSPS) is 35.8. The third-order valence-electron chi connectivity index (χ3n) is 5.63. The molecule has 2 heteroatoms. The lowest BCUT2D eigenvalue weighted by molar-refractivity contribution is -0.180. The number of benzene rings is 1. The molecule has 2 aliphatic rings. The van der Waals surface area contributed by atoms with Crippen molar-refractivity contribution in [1.29, 1.82) is 0 Å². The summed E-state index contributed by atoms with van der Waals surface area (Å²) in [7, 11) is 2.10. The van der Waals surface area contributed by atoms with Gasteiger partial charge in [-0.05, 0) is 43.6 Å². The van der Waals surface area contributed by atoms with Crippen LogP contribution in [0.1, 0.15) is 52.0 Å². The average molecular weight is 273 g/mol. The Morgan fingerprint density at radius 1 is 1.05 bits per heavy atom. The quantitative estimate of drug-likeness (QED) is 0.759. The summed E-state index contributed by atoms with van der Waals surface area (Å²) in [5, 5.41) is 2.12. The van der Waals surface area contributed by atoms with Gasteiger partial charge in [-0.15, -0.1) is 0 Å². The Bertz CT molecular complexity index is 479. The second kappa shape index (κ2) is 4.57. The van der Waals surface area contributed by atoms with Crippen LogP contribution in [-0.2, 0) is 4.84 Å². The highest BCUT2D eigenvalue weighted by molar-refractivity contribution is 5.25. The highest BCUT2D eigenvalue weighted by atomic mass is 16.7. The Morgan fingerprint density at radius 3 is 2.35 bits per heavy atom. The minimum Gasteiger partial charge on any atom is -0.293 e. The Morgan fingerprint density at radius 2 is 1.70 bits per heavy atom. The Balaban J connectivity index is 1.98. The van der Waals surface area contributed by atoms with E-state index in [9.17, 15) is 0 Å². The molecule has 1 aliphatic heterocycles. The van der Waals surface area contributed by atoms with E-state index in [4.69, 9.17) is 4.84 Å². The van der Waals surface area contributed by atoms with Crippen LogP contribution in [0.5, 0.6) is 0 Å². The molecule has 2 nitrogen and oxygen atoms in total. The molecule has 20 heavy (non-hydrogen) atoms. The van der Waals surface area contributed by atoms with Gasteiger partial charge in [0.2, 0.25) is 0 Å². The van der Waals surface area contributed by atoms with Gasteiger partial charge in [-0.25, -0.2) is 0 Å². The molecule has 3 atom stereocenters. The van der Waals surface area contributed by atoms with E-state index in [-0.39, 0.29) is 11.0 Å². The molecule has 0 bridgehead atoms. The molecule has 0 amide bonds. The van der Waals surface area contributed by atoms with Crippen molar-refractivity contribution in [3.8, 4) is 0 Å². The van der Waals surface area contributed by atoms with E-state index in [1.165, 1.54) is 18.4 Å². The fourth-order valence-corrected chi connectivity index (χ4v) is 5.12. The van der Waals surface area contributed by atoms with Gasteiger partial charge in [0.25, 0.3) is 0 Å². The smallest absolute Gasteiger partial charge is 0.0892 e. The molecule has 1 aromatic rings. The molecule has 1 saturated carbocycles. The predicted molar refractivity (Wildman–Crippen MR) is 82.4 cm³/mol. The predicted octanol–water partition coefficient (Wildman–Crippen LogP) is 4.23. The van der Waals surface area contributed by atoms with Gasteiger partial charge in [0.05, 0.1) is 5.60 Å². The minimum absolute atomic E-state index is 0.0730. The van der Waals surface area contributed by atoms with Crippen molar-refractivity contribution in [2.45, 2.75) is 58.1 Å². The first-order valence-electron chi connectivity index (χ1n) is 7.81. The largest absolute Gasteiger partial charge is 0.293 e. The summed E-state index contributed by atoms with van der Waals surface area (Å²) in [5.41, 5.74) is 1.66. The molecule has 0 spiro atoms. The van der Waals surface area contributed by atoms with Gasteiger partial charge in [-0.1, -0.05) is 44.2 Å². The van der Waals surface area contributed by atoms with E-state index >= 15 is 0 Å². The van der Waals surface area contributed by atoms with Crippen LogP contribution < -0.4 is 0 Å². The molecule has 1 aromatic carbocycles. The molecule has 1 aliphatic carbocycles. The summed E-state index contributed by atoms with van der Waals surface area (Å²) in [6.07, 6.45) is 2.48. The van der Waals surface area contributed by atoms with Gasteiger partial charge in [-0.3, -0.25) is 4.84 Å². The van der Waals surface area contributed by atoms with Crippen molar-refractivity contribution in [1.82, 2.24) is 5.06 Å². The second-order valence-electron chi connectivity index (χ2n) is 7.65. The summed E-state index contributed by atoms with van der Waals surface area (Å²) >= 11 is 0. The van der Waals surface area contributed by atoms with Gasteiger partial charge in [0.15, 0.2) is 0 Å². The van der Waals surface area contributed by atoms with Gasteiger partial charge in [0, 0.05) is 19.0 Å². The first-order chi connectivity index (χ1) is 9.34. The highest BCUT2D eigenvalue weighted by Gasteiger charge is 2.58. The topological polar surface area (TPSA) is 12.5 Å². The van der Waals surface area contributed by atoms with E-state index in [0.717, 1.165) is 0 Å². The average Bonchev–Trinajstić information content (AvgIpc) is 2.61. The number of nitrogens with zero attached hydrogens (tertiary/aromatic N) is 1. The van der Waals surface area contributed by atoms with Crippen LogP contribution in [0.4, 0.5) is 0 Å². The number of fused-ring (bicyclic) bond motifs is 1. The molecule has 0 radical (unpaired) electrons. The van der Waals surface area contributed by atoms with E-state index in [1.807, 2.05) is 0 Å². The number of hydrogen-bond donors (Lipinski definition) is 0. The fourth-order valence-electron chi connectivity index (χ4n) is 5.12. The molecule has 0 N–H and O–H groups in total. The first kappa shape index (κ1) is 14.1. The zero-order valence-corrected chi connectivity index (χ0v) is 13.4. The molecule has 1 saturated heterocycles. The molecule has 0 aromatic heterocycles. The van der Waals surface area contributed by atoms with Crippen LogP contribution in [0.3, 0.4) is 0 Å². The third kappa shape index (κ3) is 2.01. The lowest BCUT2D eigenvalue weighted by Gasteiger charge is -2.50. The Kier molecular flexibility index (Phi) is 3.22. The number of rotatable bonds is 1. The summed E-state index contributed by atoms with van der Waals surface area (Å²) in [4.78, 5) is 6.15. The summed E-state index contributed by atoms with van der Waals surface area (Å²) < 4.78 is 0. The molecular formula is C18H27NO. The van der Waals surface area contributed by atoms with E-state index in [0.29, 0.717) is 17.9 Å². The molecule has 1 heterocycles. The van der Waals surface area contributed by atoms with E-state index in [1.54, 1.807) is 0 Å². The minimum atomic E-state index is -0.0730. The van der Waals surface area contributed by atoms with Crippen LogP contribution >= 0.6 is 0 Å². The molecule has 2 fully saturated rings. The van der Waals surface area contributed by atoms with Crippen molar-refractivity contribution >= 4 is 0 Å². The van der Waals surface area contributed by atoms with Crippen molar-refractivity contribution in [2.75, 3.05) is 7.05 Å². The number of hydrogen-bond acceptors (Lipinski definition) is 2. The molecule has 110 valence electrons. The fraction of sp³-hybridized carbons (Fsp3) is 0.667. The van der Waals surface area contributed by atoms with Crippen molar-refractivity contribution in [3.05, 3.63) is 35.9 Å². The highest BCUT2D eigenvalue weighted by Crippen LogP contribution is 2.58. The zero-order chi connectivity index (χ0) is 14.5. The monoisotopic (exact) mass is 273 g/mol. The molecular weight excluding hydrogens is 246 g/mol. The Hall–Kier alpha value is -0.860. The van der Waals surface area contributed by atoms with Crippen LogP contribution in [-0.4, -0.2) is 23.8 Å². The van der Waals surface area contributed by atoms with Crippen LogP contribution in [0, 0.1) is 11.3 Å². The Labute approximate surface area is 123 Å². The van der Waals surface area contributed by atoms with E-state index < -0.39 is 0 Å². The summed E-state index contributed by atoms with van der Waals surface area (Å²) in [5.74, 6) is 1.19. The van der Waals surface area contributed by atoms with Gasteiger partial charge in [0.1, 0.15) is 0 Å². The lowest BCUT2D eigenvalue weighted by Crippen LogP contribution is -2.49. The maximum absolute atomic E-state index is 6.15. The standard InChI is InChI=1S/C18H27NO/c1-17(2)14(13-9-7-6-8-10-13)11-12-15-16(17)18(3,4)20-19(15)5/h6-10,14-16H,11-12H2,1-5H3. The van der Waals surface area contributed by atoms with Gasteiger partial charge >= 0.3 is 0 Å². The van der Waals surface area contributed by atoms with Crippen LogP contribution in [0.25, 0.3) is 0 Å². The summed E-state index contributed by atoms with van der Waals surface area (Å²) in [6, 6.07) is 11.6. The first-order valence-corrected chi connectivity index (χ1v) is 7.81. The SMILES string of the molecule is CN1OC(C)(C)C2C1CCC(c1ccccc1)C2(C)C. The molecule has 3 rings (SSSR count). The zero-order valence-electron chi connectivity index (χ0n) is 13.4. The third-order valence-corrected chi connectivity index (χ3v) is 5.63. The molecule has 3 unspecified atom stereocenters. The maximum atomic E-state index is 6.15. The van der Waals surface area contributed by atoms with Crippen molar-refractivity contribution < 1.29 is 4.84 Å².